The number of hydrogen-bond acceptors (Lipinski definition) is 7. The second kappa shape index (κ2) is 6.91. The standard InChI is InChI=1S/C13H17N5O5S/c1-4-23-11(21)6(2)24-13-15-9-8(18(13)5-7(14)19)10(20)16-12(22)17(9)3/h6H,4-5H2,1-3H3,(H2,14,19)(H,16,20,22)/t6-/m1/s1. The summed E-state index contributed by atoms with van der Waals surface area (Å²) in [7, 11) is 1.44. The number of aromatic amines is 1. The second-order valence-corrected chi connectivity index (χ2v) is 6.26. The highest BCUT2D eigenvalue weighted by Gasteiger charge is 2.23. The van der Waals surface area contributed by atoms with Crippen LogP contribution in [0.4, 0.5) is 0 Å². The Hall–Kier alpha value is -2.56. The minimum absolute atomic E-state index is 0.0365. The fourth-order valence-electron chi connectivity index (χ4n) is 2.07. The summed E-state index contributed by atoms with van der Waals surface area (Å²) in [6, 6.07) is 0. The van der Waals surface area contributed by atoms with Crippen LogP contribution >= 0.6 is 11.8 Å². The van der Waals surface area contributed by atoms with Crippen molar-refractivity contribution in [1.29, 1.82) is 0 Å². The van der Waals surface area contributed by atoms with Crippen LogP contribution in [0.15, 0.2) is 14.7 Å². The van der Waals surface area contributed by atoms with Gasteiger partial charge in [-0.25, -0.2) is 9.78 Å². The first-order valence-electron chi connectivity index (χ1n) is 7.07. The predicted molar refractivity (Wildman–Crippen MR) is 86.7 cm³/mol. The van der Waals surface area contributed by atoms with Gasteiger partial charge in [-0.1, -0.05) is 11.8 Å². The van der Waals surface area contributed by atoms with Gasteiger partial charge in [0, 0.05) is 7.05 Å². The molecule has 1 amide bonds. The molecule has 0 unspecified atom stereocenters. The van der Waals surface area contributed by atoms with Gasteiger partial charge in [0.25, 0.3) is 5.56 Å². The van der Waals surface area contributed by atoms with E-state index in [4.69, 9.17) is 10.5 Å². The van der Waals surface area contributed by atoms with Gasteiger partial charge in [0.15, 0.2) is 16.3 Å². The van der Waals surface area contributed by atoms with Gasteiger partial charge in [0.2, 0.25) is 5.91 Å². The summed E-state index contributed by atoms with van der Waals surface area (Å²) in [4.78, 5) is 53.3. The fourth-order valence-corrected chi connectivity index (χ4v) is 2.98. The molecule has 0 aliphatic carbocycles. The van der Waals surface area contributed by atoms with E-state index in [-0.39, 0.29) is 29.5 Å². The van der Waals surface area contributed by atoms with Gasteiger partial charge < -0.3 is 15.0 Å². The Morgan fingerprint density at radius 2 is 2.08 bits per heavy atom. The van der Waals surface area contributed by atoms with Gasteiger partial charge in [-0.15, -0.1) is 0 Å². The lowest BCUT2D eigenvalue weighted by Gasteiger charge is -2.10. The summed E-state index contributed by atoms with van der Waals surface area (Å²) in [5, 5.41) is -0.402. The van der Waals surface area contributed by atoms with Crippen LogP contribution in [0.3, 0.4) is 0 Å². The first-order chi connectivity index (χ1) is 11.3. The average molecular weight is 355 g/mol. The number of H-pyrrole nitrogens is 1. The fraction of sp³-hybridized carbons (Fsp3) is 0.462. The van der Waals surface area contributed by atoms with Crippen molar-refractivity contribution in [3.63, 3.8) is 0 Å². The summed E-state index contributed by atoms with van der Waals surface area (Å²) >= 11 is 1.01. The van der Waals surface area contributed by atoms with E-state index in [0.717, 1.165) is 16.3 Å². The van der Waals surface area contributed by atoms with E-state index < -0.39 is 28.4 Å². The van der Waals surface area contributed by atoms with Crippen LogP contribution in [0.25, 0.3) is 11.2 Å². The number of carbonyl (C=O) groups excluding carboxylic acids is 2. The zero-order valence-corrected chi connectivity index (χ0v) is 14.2. The van der Waals surface area contributed by atoms with Crippen LogP contribution in [0.2, 0.25) is 0 Å². The highest BCUT2D eigenvalue weighted by atomic mass is 32.2. The molecule has 10 nitrogen and oxygen atoms in total. The number of thioether (sulfide) groups is 1. The maximum atomic E-state index is 12.1. The van der Waals surface area contributed by atoms with E-state index in [9.17, 15) is 19.2 Å². The van der Waals surface area contributed by atoms with Crippen molar-refractivity contribution in [2.75, 3.05) is 6.61 Å². The van der Waals surface area contributed by atoms with Gasteiger partial charge in [-0.2, -0.15) is 0 Å². The molecule has 130 valence electrons. The number of aromatic nitrogens is 4. The topological polar surface area (TPSA) is 142 Å². The molecule has 11 heteroatoms. The summed E-state index contributed by atoms with van der Waals surface area (Å²) in [5.41, 5.74) is 4.05. The van der Waals surface area contributed by atoms with Crippen molar-refractivity contribution in [1.82, 2.24) is 19.1 Å². The van der Waals surface area contributed by atoms with Crippen LogP contribution in [0, 0.1) is 0 Å². The third-order valence-electron chi connectivity index (χ3n) is 3.19. The summed E-state index contributed by atoms with van der Waals surface area (Å²) in [5.74, 6) is -1.14. The highest BCUT2D eigenvalue weighted by molar-refractivity contribution is 8.00. The first-order valence-corrected chi connectivity index (χ1v) is 7.95. The molecule has 0 fully saturated rings. The molecule has 0 bridgehead atoms. The monoisotopic (exact) mass is 355 g/mol. The quantitative estimate of drug-likeness (QED) is 0.497. The van der Waals surface area contributed by atoms with E-state index in [1.54, 1.807) is 13.8 Å². The molecule has 2 aromatic rings. The number of rotatable bonds is 6. The van der Waals surface area contributed by atoms with Crippen molar-refractivity contribution < 1.29 is 14.3 Å². The van der Waals surface area contributed by atoms with E-state index in [1.165, 1.54) is 11.6 Å². The molecular formula is C13H17N5O5S. The smallest absolute Gasteiger partial charge is 0.329 e. The van der Waals surface area contributed by atoms with Crippen molar-refractivity contribution in [2.24, 2.45) is 12.8 Å². The number of primary amides is 1. The van der Waals surface area contributed by atoms with Crippen molar-refractivity contribution in [3.8, 4) is 0 Å². The van der Waals surface area contributed by atoms with E-state index in [1.807, 2.05) is 0 Å². The Kier molecular flexibility index (Phi) is 5.12. The molecule has 24 heavy (non-hydrogen) atoms. The Morgan fingerprint density at radius 3 is 2.67 bits per heavy atom. The Balaban J connectivity index is 2.60. The molecule has 2 aromatic heterocycles. The van der Waals surface area contributed by atoms with Crippen LogP contribution < -0.4 is 17.0 Å². The predicted octanol–water partition coefficient (Wildman–Crippen LogP) is -1.05. The normalized spacial score (nSPS) is 12.3. The molecule has 2 heterocycles. The number of aryl methyl sites for hydroxylation is 1. The molecule has 2 rings (SSSR count). The molecule has 0 radical (unpaired) electrons. The van der Waals surface area contributed by atoms with E-state index in [2.05, 4.69) is 9.97 Å². The number of ether oxygens (including phenoxy) is 1. The minimum Gasteiger partial charge on any atom is -0.465 e. The Bertz CT molecular complexity index is 912. The SMILES string of the molecule is CCOC(=O)[C@@H](C)Sc1nc2c(c(=O)[nH]c(=O)n2C)n1CC(N)=O. The number of fused-ring (bicyclic) bond motifs is 1. The zero-order valence-electron chi connectivity index (χ0n) is 13.4. The number of imidazole rings is 1. The third kappa shape index (κ3) is 3.35. The maximum Gasteiger partial charge on any atom is 0.329 e. The average Bonchev–Trinajstić information content (AvgIpc) is 2.83. The minimum atomic E-state index is -0.687. The Morgan fingerprint density at radius 1 is 1.42 bits per heavy atom. The molecule has 0 aromatic carbocycles. The Labute approximate surface area is 140 Å². The van der Waals surface area contributed by atoms with E-state index >= 15 is 0 Å². The molecule has 0 spiro atoms. The third-order valence-corrected chi connectivity index (χ3v) is 4.26. The number of nitrogens with two attached hydrogens (primary N) is 1. The van der Waals surface area contributed by atoms with E-state index in [0.29, 0.717) is 0 Å². The lowest BCUT2D eigenvalue weighted by molar-refractivity contribution is -0.142. The first kappa shape index (κ1) is 17.8. The molecular weight excluding hydrogens is 338 g/mol. The lowest BCUT2D eigenvalue weighted by atomic mass is 10.5. The van der Waals surface area contributed by atoms with Crippen LogP contribution in [-0.4, -0.2) is 42.8 Å². The number of amides is 1. The van der Waals surface area contributed by atoms with Gasteiger partial charge in [0.05, 0.1) is 6.61 Å². The van der Waals surface area contributed by atoms with Crippen LogP contribution in [0.5, 0.6) is 0 Å². The van der Waals surface area contributed by atoms with Crippen molar-refractivity contribution in [3.05, 3.63) is 20.8 Å². The number of esters is 1. The number of nitrogens with one attached hydrogen (secondary N) is 1. The summed E-state index contributed by atoms with van der Waals surface area (Å²) in [6.45, 7) is 3.22. The molecule has 0 aliphatic rings. The lowest BCUT2D eigenvalue weighted by Crippen LogP contribution is -2.30. The summed E-state index contributed by atoms with van der Waals surface area (Å²) < 4.78 is 7.36. The van der Waals surface area contributed by atoms with Gasteiger partial charge >= 0.3 is 11.7 Å². The van der Waals surface area contributed by atoms with Crippen LogP contribution in [0.1, 0.15) is 13.8 Å². The number of carbonyl (C=O) groups is 2. The van der Waals surface area contributed by atoms with Crippen molar-refractivity contribution in [2.45, 2.75) is 30.8 Å². The van der Waals surface area contributed by atoms with Gasteiger partial charge in [0.1, 0.15) is 11.8 Å². The zero-order chi connectivity index (χ0) is 18.0. The molecule has 3 N–H and O–H groups in total. The summed E-state index contributed by atoms with van der Waals surface area (Å²) in [6.07, 6.45) is 0. The molecule has 1 atom stereocenters. The molecule has 0 saturated carbocycles. The number of nitrogens with zero attached hydrogens (tertiary/aromatic N) is 3. The van der Waals surface area contributed by atoms with Gasteiger partial charge in [-0.3, -0.25) is 23.9 Å². The highest BCUT2D eigenvalue weighted by Crippen LogP contribution is 2.26. The maximum absolute atomic E-state index is 12.1. The van der Waals surface area contributed by atoms with Crippen LogP contribution in [-0.2, 0) is 27.9 Å². The largest absolute Gasteiger partial charge is 0.465 e. The van der Waals surface area contributed by atoms with Crippen molar-refractivity contribution >= 4 is 34.8 Å². The molecule has 0 aliphatic heterocycles. The van der Waals surface area contributed by atoms with Gasteiger partial charge in [-0.05, 0) is 13.8 Å². The molecule has 0 saturated heterocycles. The second-order valence-electron chi connectivity index (χ2n) is 4.95. The number of hydrogen-bond donors (Lipinski definition) is 2.